The highest BCUT2D eigenvalue weighted by molar-refractivity contribution is 5.71. The van der Waals surface area contributed by atoms with E-state index in [0.29, 0.717) is 19.3 Å². The van der Waals surface area contributed by atoms with Gasteiger partial charge in [-0.3, -0.25) is 14.4 Å². The van der Waals surface area contributed by atoms with Crippen LogP contribution in [0.4, 0.5) is 0 Å². The number of carbonyl (C=O) groups excluding carboxylic acids is 3. The largest absolute Gasteiger partial charge is 0.462 e. The zero-order valence-electron chi connectivity index (χ0n) is 47.6. The van der Waals surface area contributed by atoms with Crippen LogP contribution < -0.4 is 0 Å². The molecule has 70 heavy (non-hydrogen) atoms. The van der Waals surface area contributed by atoms with Gasteiger partial charge < -0.3 is 14.2 Å². The first-order chi connectivity index (χ1) is 34.5. The maximum Gasteiger partial charge on any atom is 0.306 e. The quantitative estimate of drug-likeness (QED) is 0.0261. The lowest BCUT2D eigenvalue weighted by Gasteiger charge is -2.18. The minimum absolute atomic E-state index is 0.0661. The molecule has 0 aliphatic carbocycles. The molecule has 0 aliphatic heterocycles. The maximum atomic E-state index is 12.8. The van der Waals surface area contributed by atoms with Gasteiger partial charge in [0.1, 0.15) is 13.2 Å². The summed E-state index contributed by atoms with van der Waals surface area (Å²) in [6, 6.07) is 0. The molecule has 414 valence electrons. The molecular weight excluding hydrogens is 865 g/mol. The van der Waals surface area contributed by atoms with Crippen LogP contribution in [0.1, 0.15) is 361 Å². The number of allylic oxidation sites excluding steroid dienone is 2. The Morgan fingerprint density at radius 1 is 0.271 bits per heavy atom. The SMILES string of the molecule is CCCCCCCC/C=C\CCCCCCCCCCCC(=O)OC(COC(=O)CCCCCCC)COC(=O)CCCCCCCCCCCCCCCCCCCCCCCCCCCCCC. The van der Waals surface area contributed by atoms with Gasteiger partial charge in [0.05, 0.1) is 0 Å². The molecule has 6 nitrogen and oxygen atoms in total. The van der Waals surface area contributed by atoms with Gasteiger partial charge in [-0.25, -0.2) is 0 Å². The fourth-order valence-electron chi connectivity index (χ4n) is 9.74. The van der Waals surface area contributed by atoms with Gasteiger partial charge >= 0.3 is 17.9 Å². The Bertz CT molecular complexity index is 1090. The summed E-state index contributed by atoms with van der Waals surface area (Å²) in [5.41, 5.74) is 0. The molecule has 0 radical (unpaired) electrons. The minimum atomic E-state index is -0.764. The van der Waals surface area contributed by atoms with Crippen LogP contribution in [0.25, 0.3) is 0 Å². The van der Waals surface area contributed by atoms with Crippen molar-refractivity contribution in [3.05, 3.63) is 12.2 Å². The van der Waals surface area contributed by atoms with Crippen LogP contribution in [-0.2, 0) is 28.6 Å². The van der Waals surface area contributed by atoms with Crippen molar-refractivity contribution in [1.29, 1.82) is 0 Å². The van der Waals surface area contributed by atoms with Gasteiger partial charge in [0.25, 0.3) is 0 Å². The second kappa shape index (κ2) is 59.7. The third-order valence-corrected chi connectivity index (χ3v) is 14.5. The van der Waals surface area contributed by atoms with E-state index in [1.807, 2.05) is 0 Å². The van der Waals surface area contributed by atoms with Crippen LogP contribution in [0.3, 0.4) is 0 Å². The zero-order valence-corrected chi connectivity index (χ0v) is 47.6. The van der Waals surface area contributed by atoms with Gasteiger partial charge in [-0.1, -0.05) is 309 Å². The molecule has 0 aromatic carbocycles. The summed E-state index contributed by atoms with van der Waals surface area (Å²) in [6.45, 7) is 6.62. The smallest absolute Gasteiger partial charge is 0.306 e. The summed E-state index contributed by atoms with van der Waals surface area (Å²) in [4.78, 5) is 37.9. The van der Waals surface area contributed by atoms with Crippen molar-refractivity contribution in [1.82, 2.24) is 0 Å². The number of hydrogen-bond donors (Lipinski definition) is 0. The van der Waals surface area contributed by atoms with Crippen molar-refractivity contribution in [2.24, 2.45) is 0 Å². The van der Waals surface area contributed by atoms with Crippen molar-refractivity contribution in [3.8, 4) is 0 Å². The summed E-state index contributed by atoms with van der Waals surface area (Å²) in [6.07, 6.45) is 69.9. The lowest BCUT2D eigenvalue weighted by molar-refractivity contribution is -0.167. The Morgan fingerprint density at radius 2 is 0.471 bits per heavy atom. The minimum Gasteiger partial charge on any atom is -0.462 e. The highest BCUT2D eigenvalue weighted by Gasteiger charge is 2.19. The van der Waals surface area contributed by atoms with Crippen LogP contribution >= 0.6 is 0 Å². The van der Waals surface area contributed by atoms with E-state index in [9.17, 15) is 14.4 Å². The highest BCUT2D eigenvalue weighted by Crippen LogP contribution is 2.18. The number of carbonyl (C=O) groups is 3. The van der Waals surface area contributed by atoms with E-state index in [2.05, 4.69) is 32.9 Å². The van der Waals surface area contributed by atoms with Crippen LogP contribution in [0.5, 0.6) is 0 Å². The molecule has 0 saturated carbocycles. The third-order valence-electron chi connectivity index (χ3n) is 14.5. The van der Waals surface area contributed by atoms with Gasteiger partial charge in [-0.05, 0) is 44.9 Å². The molecule has 1 atom stereocenters. The molecular formula is C64H122O6. The number of esters is 3. The molecule has 6 heteroatoms. The van der Waals surface area contributed by atoms with Crippen molar-refractivity contribution in [2.75, 3.05) is 13.2 Å². The molecule has 1 unspecified atom stereocenters. The van der Waals surface area contributed by atoms with Gasteiger partial charge in [-0.2, -0.15) is 0 Å². The zero-order chi connectivity index (χ0) is 50.7. The number of hydrogen-bond acceptors (Lipinski definition) is 6. The van der Waals surface area contributed by atoms with E-state index < -0.39 is 6.10 Å². The number of rotatable bonds is 59. The van der Waals surface area contributed by atoms with Crippen LogP contribution in [0.15, 0.2) is 12.2 Å². The van der Waals surface area contributed by atoms with Gasteiger partial charge in [0.2, 0.25) is 0 Å². The van der Waals surface area contributed by atoms with E-state index >= 15 is 0 Å². The summed E-state index contributed by atoms with van der Waals surface area (Å²) < 4.78 is 16.8. The molecule has 0 aromatic rings. The standard InChI is InChI=1S/C64H122O6/c1-4-7-10-13-15-17-19-21-23-25-27-28-29-30-31-32-33-34-35-37-38-40-42-44-46-48-51-54-57-63(66)69-60-61(59-68-62(65)56-53-50-12-9-6-3)70-64(67)58-55-52-49-47-45-43-41-39-36-26-24-22-20-18-16-14-11-8-5-2/h22,24,61H,4-21,23,25-60H2,1-3H3/b24-22-. The van der Waals surface area contributed by atoms with Crippen LogP contribution in [-0.4, -0.2) is 37.2 Å². The molecule has 0 amide bonds. The second-order valence-corrected chi connectivity index (χ2v) is 21.7. The van der Waals surface area contributed by atoms with Crippen LogP contribution in [0, 0.1) is 0 Å². The van der Waals surface area contributed by atoms with Crippen molar-refractivity contribution in [3.63, 3.8) is 0 Å². The van der Waals surface area contributed by atoms with Crippen molar-refractivity contribution < 1.29 is 28.6 Å². The fourth-order valence-corrected chi connectivity index (χ4v) is 9.74. The molecule has 0 rings (SSSR count). The van der Waals surface area contributed by atoms with E-state index in [4.69, 9.17) is 14.2 Å². The highest BCUT2D eigenvalue weighted by atomic mass is 16.6. The van der Waals surface area contributed by atoms with Crippen LogP contribution in [0.2, 0.25) is 0 Å². The Balaban J connectivity index is 3.94. The van der Waals surface area contributed by atoms with E-state index in [0.717, 1.165) is 64.2 Å². The Kier molecular flexibility index (Phi) is 58.1. The molecule has 0 heterocycles. The maximum absolute atomic E-state index is 12.8. The third kappa shape index (κ3) is 57.1. The van der Waals surface area contributed by atoms with Crippen molar-refractivity contribution >= 4 is 17.9 Å². The summed E-state index contributed by atoms with van der Waals surface area (Å²) >= 11 is 0. The monoisotopic (exact) mass is 987 g/mol. The van der Waals surface area contributed by atoms with Crippen molar-refractivity contribution in [2.45, 2.75) is 367 Å². The lowest BCUT2D eigenvalue weighted by Crippen LogP contribution is -2.30. The van der Waals surface area contributed by atoms with Gasteiger partial charge in [-0.15, -0.1) is 0 Å². The normalized spacial score (nSPS) is 12.0. The Hall–Kier alpha value is -1.85. The average molecular weight is 988 g/mol. The molecule has 0 spiro atoms. The molecule has 0 aromatic heterocycles. The predicted molar refractivity (Wildman–Crippen MR) is 303 cm³/mol. The molecule has 0 fully saturated rings. The molecule has 0 saturated heterocycles. The second-order valence-electron chi connectivity index (χ2n) is 21.7. The summed E-state index contributed by atoms with van der Waals surface area (Å²) in [5, 5.41) is 0. The van der Waals surface area contributed by atoms with Gasteiger partial charge in [0, 0.05) is 19.3 Å². The molecule has 0 aliphatic rings. The first-order valence-electron chi connectivity index (χ1n) is 31.7. The number of unbranched alkanes of at least 4 members (excludes halogenated alkanes) is 46. The first kappa shape index (κ1) is 68.2. The summed E-state index contributed by atoms with van der Waals surface area (Å²) in [5.74, 6) is -0.859. The summed E-state index contributed by atoms with van der Waals surface area (Å²) in [7, 11) is 0. The fraction of sp³-hybridized carbons (Fsp3) is 0.922. The van der Waals surface area contributed by atoms with E-state index in [1.165, 1.54) is 257 Å². The predicted octanol–water partition coefficient (Wildman–Crippen LogP) is 21.3. The Morgan fingerprint density at radius 3 is 0.714 bits per heavy atom. The molecule has 0 N–H and O–H groups in total. The van der Waals surface area contributed by atoms with Gasteiger partial charge in [0.15, 0.2) is 6.10 Å². The molecule has 0 bridgehead atoms. The first-order valence-corrected chi connectivity index (χ1v) is 31.7. The lowest BCUT2D eigenvalue weighted by atomic mass is 10.0. The number of ether oxygens (including phenoxy) is 3. The van der Waals surface area contributed by atoms with E-state index in [-0.39, 0.29) is 31.1 Å². The average Bonchev–Trinajstić information content (AvgIpc) is 3.36. The Labute approximate surface area is 437 Å². The topological polar surface area (TPSA) is 78.9 Å². The van der Waals surface area contributed by atoms with E-state index in [1.54, 1.807) is 0 Å².